The van der Waals surface area contributed by atoms with Gasteiger partial charge in [-0.2, -0.15) is 0 Å². The number of aromatic nitrogens is 2. The van der Waals surface area contributed by atoms with E-state index in [1.54, 1.807) is 19.2 Å². The first-order chi connectivity index (χ1) is 14.7. The van der Waals surface area contributed by atoms with Crippen molar-refractivity contribution in [2.45, 2.75) is 31.2 Å². The Balaban J connectivity index is 1.28. The summed E-state index contributed by atoms with van der Waals surface area (Å²) in [6.45, 7) is 2.21. The second-order valence-electron chi connectivity index (χ2n) is 7.82. The van der Waals surface area contributed by atoms with E-state index in [1.807, 2.05) is 30.6 Å². The number of aliphatic imine (C=N–C) groups is 1. The van der Waals surface area contributed by atoms with Gasteiger partial charge >= 0.3 is 0 Å². The molecule has 1 heterocycles. The first-order valence-electron chi connectivity index (χ1n) is 10.4. The van der Waals surface area contributed by atoms with Crippen LogP contribution in [0, 0.1) is 5.82 Å². The van der Waals surface area contributed by atoms with E-state index < -0.39 is 0 Å². The molecule has 30 heavy (non-hydrogen) atoms. The summed E-state index contributed by atoms with van der Waals surface area (Å²) < 4.78 is 16.4. The third-order valence-electron chi connectivity index (χ3n) is 5.76. The summed E-state index contributed by atoms with van der Waals surface area (Å²) in [5.41, 5.74) is 1.94. The zero-order valence-electron chi connectivity index (χ0n) is 17.3. The molecule has 6 heteroatoms. The molecule has 0 amide bonds. The molecule has 2 N–H and O–H groups in total. The van der Waals surface area contributed by atoms with Crippen LogP contribution in [0.3, 0.4) is 0 Å². The van der Waals surface area contributed by atoms with Crippen LogP contribution >= 0.6 is 0 Å². The normalized spacial score (nSPS) is 15.1. The van der Waals surface area contributed by atoms with Crippen molar-refractivity contribution in [3.8, 4) is 0 Å². The number of rotatable bonds is 8. The summed E-state index contributed by atoms with van der Waals surface area (Å²) in [6.07, 6.45) is 6.64. The van der Waals surface area contributed by atoms with Gasteiger partial charge in [-0.15, -0.1) is 0 Å². The van der Waals surface area contributed by atoms with Gasteiger partial charge in [0.1, 0.15) is 11.6 Å². The molecule has 5 nitrogen and oxygen atoms in total. The standard InChI is InChI=1S/C24H28FN5/c1-26-23(29-18-24(12-13-24)20-9-5-6-10-21(20)25)28-14-11-22-27-15-16-30(22)17-19-7-3-2-4-8-19/h2-10,15-16H,11-14,17-18H2,1H3,(H2,26,28,29). The lowest BCUT2D eigenvalue weighted by Gasteiger charge is -2.19. The van der Waals surface area contributed by atoms with Gasteiger partial charge < -0.3 is 15.2 Å². The Morgan fingerprint density at radius 2 is 1.87 bits per heavy atom. The molecule has 1 fully saturated rings. The summed E-state index contributed by atoms with van der Waals surface area (Å²) in [5, 5.41) is 6.73. The van der Waals surface area contributed by atoms with E-state index >= 15 is 0 Å². The van der Waals surface area contributed by atoms with Crippen molar-refractivity contribution in [3.63, 3.8) is 0 Å². The number of guanidine groups is 1. The fourth-order valence-electron chi connectivity index (χ4n) is 3.84. The third kappa shape index (κ3) is 4.70. The predicted molar refractivity (Wildman–Crippen MR) is 118 cm³/mol. The number of halogens is 1. The second-order valence-corrected chi connectivity index (χ2v) is 7.82. The van der Waals surface area contributed by atoms with Crippen molar-refractivity contribution in [3.05, 3.63) is 89.8 Å². The summed E-state index contributed by atoms with van der Waals surface area (Å²) in [4.78, 5) is 8.82. The molecule has 4 rings (SSSR count). The minimum absolute atomic E-state index is 0.116. The van der Waals surface area contributed by atoms with Crippen LogP contribution in [0.25, 0.3) is 0 Å². The zero-order chi connectivity index (χ0) is 20.8. The van der Waals surface area contributed by atoms with Crippen LogP contribution in [0.4, 0.5) is 4.39 Å². The maximum atomic E-state index is 14.2. The van der Waals surface area contributed by atoms with E-state index in [0.717, 1.165) is 49.7 Å². The third-order valence-corrected chi connectivity index (χ3v) is 5.76. The summed E-state index contributed by atoms with van der Waals surface area (Å²) in [7, 11) is 1.76. The number of nitrogens with one attached hydrogen (secondary N) is 2. The van der Waals surface area contributed by atoms with Gasteiger partial charge in [-0.05, 0) is 30.0 Å². The number of imidazole rings is 1. The van der Waals surface area contributed by atoms with E-state index in [0.29, 0.717) is 6.54 Å². The van der Waals surface area contributed by atoms with Gasteiger partial charge in [-0.3, -0.25) is 4.99 Å². The summed E-state index contributed by atoms with van der Waals surface area (Å²) in [6, 6.07) is 17.5. The molecule has 1 aliphatic rings. The monoisotopic (exact) mass is 405 g/mol. The highest BCUT2D eigenvalue weighted by Gasteiger charge is 2.45. The maximum absolute atomic E-state index is 14.2. The van der Waals surface area contributed by atoms with E-state index in [-0.39, 0.29) is 11.2 Å². The maximum Gasteiger partial charge on any atom is 0.191 e. The quantitative estimate of drug-likeness (QED) is 0.445. The van der Waals surface area contributed by atoms with Gasteiger partial charge in [0.15, 0.2) is 5.96 Å². The van der Waals surface area contributed by atoms with Gasteiger partial charge in [-0.1, -0.05) is 48.5 Å². The van der Waals surface area contributed by atoms with Crippen LogP contribution in [-0.4, -0.2) is 35.6 Å². The summed E-state index contributed by atoms with van der Waals surface area (Å²) in [5.74, 6) is 1.65. The number of nitrogens with zero attached hydrogens (tertiary/aromatic N) is 3. The molecule has 0 spiro atoms. The molecule has 0 aliphatic heterocycles. The lowest BCUT2D eigenvalue weighted by atomic mass is 9.95. The van der Waals surface area contributed by atoms with Crippen molar-refractivity contribution < 1.29 is 4.39 Å². The molecule has 0 unspecified atom stereocenters. The molecular weight excluding hydrogens is 377 g/mol. The van der Waals surface area contributed by atoms with Crippen LogP contribution in [-0.2, 0) is 18.4 Å². The lowest BCUT2D eigenvalue weighted by molar-refractivity contribution is 0.559. The molecule has 3 aromatic rings. The van der Waals surface area contributed by atoms with Crippen molar-refractivity contribution in [2.24, 2.45) is 4.99 Å². The fourth-order valence-corrected chi connectivity index (χ4v) is 3.84. The van der Waals surface area contributed by atoms with E-state index in [2.05, 4.69) is 49.4 Å². The SMILES string of the molecule is CN=C(NCCc1nccn1Cc1ccccc1)NCC1(c2ccccc2F)CC1. The van der Waals surface area contributed by atoms with Gasteiger partial charge in [0.2, 0.25) is 0 Å². The average Bonchev–Trinajstić information content (AvgIpc) is 3.44. The molecule has 2 aromatic carbocycles. The van der Waals surface area contributed by atoms with Crippen molar-refractivity contribution in [2.75, 3.05) is 20.1 Å². The van der Waals surface area contributed by atoms with Crippen LogP contribution < -0.4 is 10.6 Å². The average molecular weight is 406 g/mol. The largest absolute Gasteiger partial charge is 0.356 e. The molecule has 0 radical (unpaired) electrons. The van der Waals surface area contributed by atoms with Crippen LogP contribution in [0.2, 0.25) is 0 Å². The molecule has 0 bridgehead atoms. The fraction of sp³-hybridized carbons (Fsp3) is 0.333. The number of hydrogen-bond donors (Lipinski definition) is 2. The molecular formula is C24H28FN5. The van der Waals surface area contributed by atoms with Gasteiger partial charge in [0.05, 0.1) is 0 Å². The summed E-state index contributed by atoms with van der Waals surface area (Å²) >= 11 is 0. The Labute approximate surface area is 177 Å². The molecule has 1 aliphatic carbocycles. The lowest BCUT2D eigenvalue weighted by Crippen LogP contribution is -2.42. The highest BCUT2D eigenvalue weighted by molar-refractivity contribution is 5.79. The van der Waals surface area contributed by atoms with Gasteiger partial charge in [0.25, 0.3) is 0 Å². The Bertz CT molecular complexity index is 992. The minimum Gasteiger partial charge on any atom is -0.356 e. The highest BCUT2D eigenvalue weighted by atomic mass is 19.1. The van der Waals surface area contributed by atoms with Crippen LogP contribution in [0.1, 0.15) is 29.8 Å². The first-order valence-corrected chi connectivity index (χ1v) is 10.4. The van der Waals surface area contributed by atoms with Crippen molar-refractivity contribution >= 4 is 5.96 Å². The Kier molecular flexibility index (Phi) is 6.12. The topological polar surface area (TPSA) is 54.2 Å². The van der Waals surface area contributed by atoms with Crippen LogP contribution in [0.15, 0.2) is 72.0 Å². The van der Waals surface area contributed by atoms with E-state index in [1.165, 1.54) is 5.56 Å². The molecule has 156 valence electrons. The zero-order valence-corrected chi connectivity index (χ0v) is 17.3. The van der Waals surface area contributed by atoms with E-state index in [9.17, 15) is 4.39 Å². The van der Waals surface area contributed by atoms with Gasteiger partial charge in [0, 0.05) is 50.9 Å². The van der Waals surface area contributed by atoms with Gasteiger partial charge in [-0.25, -0.2) is 9.37 Å². The van der Waals surface area contributed by atoms with E-state index in [4.69, 9.17) is 0 Å². The van der Waals surface area contributed by atoms with Crippen LogP contribution in [0.5, 0.6) is 0 Å². The minimum atomic E-state index is -0.120. The Morgan fingerprint density at radius 3 is 2.60 bits per heavy atom. The Hall–Kier alpha value is -3.15. The number of benzene rings is 2. The first kappa shape index (κ1) is 20.1. The molecule has 0 saturated heterocycles. The molecule has 0 atom stereocenters. The number of hydrogen-bond acceptors (Lipinski definition) is 2. The van der Waals surface area contributed by atoms with Crippen molar-refractivity contribution in [1.82, 2.24) is 20.2 Å². The Morgan fingerprint density at radius 1 is 1.10 bits per heavy atom. The predicted octanol–water partition coefficient (Wildman–Crippen LogP) is 3.51. The highest BCUT2D eigenvalue weighted by Crippen LogP contribution is 2.48. The van der Waals surface area contributed by atoms with Crippen molar-refractivity contribution in [1.29, 1.82) is 0 Å². The molecule has 1 saturated carbocycles. The smallest absolute Gasteiger partial charge is 0.191 e. The second kappa shape index (κ2) is 9.11. The molecule has 1 aromatic heterocycles.